The number of nitrogens with zero attached hydrogens (tertiary/aromatic N) is 2. The van der Waals surface area contributed by atoms with Crippen molar-refractivity contribution in [3.8, 4) is 0 Å². The summed E-state index contributed by atoms with van der Waals surface area (Å²) in [6.07, 6.45) is 6.12. The molecule has 2 N–H and O–H groups in total. The van der Waals surface area contributed by atoms with Crippen LogP contribution in [0.15, 0.2) is 4.99 Å². The van der Waals surface area contributed by atoms with Gasteiger partial charge in [0.25, 0.3) is 0 Å². The van der Waals surface area contributed by atoms with E-state index in [4.69, 9.17) is 9.47 Å². The van der Waals surface area contributed by atoms with Crippen molar-refractivity contribution in [1.82, 2.24) is 15.5 Å². The smallest absolute Gasteiger partial charge is 0.191 e. The standard InChI is InChI=1S/C18H36N4O2/c1-2-19-18(21-9-5-13-24-16-17-6-7-17)20-8-3-4-10-22-11-14-23-15-12-22/h17H,2-16H2,1H3,(H2,19,20,21). The minimum atomic E-state index is 0.827. The first-order chi connectivity index (χ1) is 11.9. The zero-order chi connectivity index (χ0) is 16.9. The van der Waals surface area contributed by atoms with Crippen LogP contribution in [0, 0.1) is 5.92 Å². The number of guanidine groups is 1. The third kappa shape index (κ3) is 9.45. The van der Waals surface area contributed by atoms with E-state index in [9.17, 15) is 0 Å². The summed E-state index contributed by atoms with van der Waals surface area (Å²) < 4.78 is 11.0. The summed E-state index contributed by atoms with van der Waals surface area (Å²) in [4.78, 5) is 7.11. The van der Waals surface area contributed by atoms with Crippen LogP contribution in [0.25, 0.3) is 0 Å². The van der Waals surface area contributed by atoms with Crippen molar-refractivity contribution in [2.45, 2.75) is 39.0 Å². The molecule has 2 aliphatic rings. The SMILES string of the molecule is CCNC(=NCCCOCC1CC1)NCCCCN1CCOCC1. The van der Waals surface area contributed by atoms with Crippen molar-refractivity contribution in [3.05, 3.63) is 0 Å². The van der Waals surface area contributed by atoms with Crippen molar-refractivity contribution in [2.75, 3.05) is 65.7 Å². The molecule has 6 nitrogen and oxygen atoms in total. The second-order valence-electron chi connectivity index (χ2n) is 6.72. The van der Waals surface area contributed by atoms with E-state index in [0.29, 0.717) is 0 Å². The third-order valence-corrected chi connectivity index (χ3v) is 4.41. The van der Waals surface area contributed by atoms with Gasteiger partial charge in [0.05, 0.1) is 13.2 Å². The fourth-order valence-electron chi connectivity index (χ4n) is 2.73. The van der Waals surface area contributed by atoms with E-state index in [1.165, 1.54) is 32.2 Å². The number of hydrogen-bond acceptors (Lipinski definition) is 4. The van der Waals surface area contributed by atoms with Gasteiger partial charge in [-0.1, -0.05) is 0 Å². The lowest BCUT2D eigenvalue weighted by Crippen LogP contribution is -2.39. The molecule has 1 aliphatic carbocycles. The van der Waals surface area contributed by atoms with Crippen LogP contribution in [0.2, 0.25) is 0 Å². The van der Waals surface area contributed by atoms with Gasteiger partial charge in [-0.25, -0.2) is 0 Å². The lowest BCUT2D eigenvalue weighted by atomic mass is 10.3. The van der Waals surface area contributed by atoms with Crippen LogP contribution >= 0.6 is 0 Å². The molecule has 2 fully saturated rings. The van der Waals surface area contributed by atoms with Crippen LogP contribution in [0.5, 0.6) is 0 Å². The molecule has 0 aromatic carbocycles. The molecular formula is C18H36N4O2. The van der Waals surface area contributed by atoms with E-state index < -0.39 is 0 Å². The zero-order valence-corrected chi connectivity index (χ0v) is 15.4. The molecule has 1 heterocycles. The first-order valence-electron chi connectivity index (χ1n) is 9.78. The van der Waals surface area contributed by atoms with Crippen molar-refractivity contribution in [2.24, 2.45) is 10.9 Å². The minimum Gasteiger partial charge on any atom is -0.381 e. The predicted octanol–water partition coefficient (Wildman–Crippen LogP) is 1.47. The Morgan fingerprint density at radius 1 is 1.17 bits per heavy atom. The van der Waals surface area contributed by atoms with E-state index >= 15 is 0 Å². The molecule has 1 aliphatic heterocycles. The summed E-state index contributed by atoms with van der Waals surface area (Å²) in [6, 6.07) is 0. The summed E-state index contributed by atoms with van der Waals surface area (Å²) in [5, 5.41) is 6.75. The number of ether oxygens (including phenoxy) is 2. The van der Waals surface area contributed by atoms with E-state index in [-0.39, 0.29) is 0 Å². The van der Waals surface area contributed by atoms with Crippen molar-refractivity contribution < 1.29 is 9.47 Å². The topological polar surface area (TPSA) is 58.1 Å². The van der Waals surface area contributed by atoms with E-state index in [2.05, 4.69) is 27.4 Å². The largest absolute Gasteiger partial charge is 0.381 e. The van der Waals surface area contributed by atoms with Gasteiger partial charge in [0.15, 0.2) is 5.96 Å². The highest BCUT2D eigenvalue weighted by Crippen LogP contribution is 2.28. The summed E-state index contributed by atoms with van der Waals surface area (Å²) in [5.74, 6) is 1.79. The molecule has 0 amide bonds. The highest BCUT2D eigenvalue weighted by Gasteiger charge is 2.20. The second-order valence-corrected chi connectivity index (χ2v) is 6.72. The van der Waals surface area contributed by atoms with E-state index in [1.54, 1.807) is 0 Å². The molecule has 0 bridgehead atoms. The molecule has 0 unspecified atom stereocenters. The minimum absolute atomic E-state index is 0.827. The van der Waals surface area contributed by atoms with Crippen LogP contribution in [-0.2, 0) is 9.47 Å². The Morgan fingerprint density at radius 2 is 2.00 bits per heavy atom. The lowest BCUT2D eigenvalue weighted by Gasteiger charge is -2.26. The number of unbranched alkanes of at least 4 members (excludes halogenated alkanes) is 1. The highest BCUT2D eigenvalue weighted by atomic mass is 16.5. The van der Waals surface area contributed by atoms with Crippen LogP contribution in [-0.4, -0.2) is 76.6 Å². The Bertz CT molecular complexity index is 342. The third-order valence-electron chi connectivity index (χ3n) is 4.41. The maximum Gasteiger partial charge on any atom is 0.191 e. The molecule has 1 saturated heterocycles. The molecule has 0 aromatic rings. The Kier molecular flexibility index (Phi) is 10.1. The molecule has 2 rings (SSSR count). The van der Waals surface area contributed by atoms with Crippen LogP contribution in [0.1, 0.15) is 39.0 Å². The molecule has 0 spiro atoms. The van der Waals surface area contributed by atoms with Crippen LogP contribution < -0.4 is 10.6 Å². The Balaban J connectivity index is 1.46. The number of hydrogen-bond donors (Lipinski definition) is 2. The van der Waals surface area contributed by atoms with Gasteiger partial charge in [-0.2, -0.15) is 0 Å². The average molecular weight is 341 g/mol. The van der Waals surface area contributed by atoms with Crippen molar-refractivity contribution >= 4 is 5.96 Å². The molecule has 0 radical (unpaired) electrons. The van der Waals surface area contributed by atoms with Gasteiger partial charge in [0.1, 0.15) is 0 Å². The summed E-state index contributed by atoms with van der Waals surface area (Å²) in [5.41, 5.74) is 0. The normalized spacial score (nSPS) is 19.5. The zero-order valence-electron chi connectivity index (χ0n) is 15.4. The van der Waals surface area contributed by atoms with E-state index in [0.717, 1.165) is 77.4 Å². The van der Waals surface area contributed by atoms with Gasteiger partial charge in [0.2, 0.25) is 0 Å². The Labute approximate surface area is 147 Å². The highest BCUT2D eigenvalue weighted by molar-refractivity contribution is 5.79. The Morgan fingerprint density at radius 3 is 2.75 bits per heavy atom. The van der Waals surface area contributed by atoms with Crippen LogP contribution in [0.3, 0.4) is 0 Å². The quantitative estimate of drug-likeness (QED) is 0.320. The van der Waals surface area contributed by atoms with E-state index in [1.807, 2.05) is 0 Å². The average Bonchev–Trinajstić information content (AvgIpc) is 3.42. The van der Waals surface area contributed by atoms with Crippen molar-refractivity contribution in [1.29, 1.82) is 0 Å². The Hall–Kier alpha value is -0.850. The second kappa shape index (κ2) is 12.5. The first kappa shape index (κ1) is 19.5. The van der Waals surface area contributed by atoms with Gasteiger partial charge < -0.3 is 20.1 Å². The summed E-state index contributed by atoms with van der Waals surface area (Å²) in [6.45, 7) is 11.7. The van der Waals surface area contributed by atoms with Gasteiger partial charge in [0, 0.05) is 45.9 Å². The van der Waals surface area contributed by atoms with Gasteiger partial charge >= 0.3 is 0 Å². The molecule has 1 saturated carbocycles. The molecule has 0 atom stereocenters. The number of nitrogens with one attached hydrogen (secondary N) is 2. The maximum atomic E-state index is 5.65. The lowest BCUT2D eigenvalue weighted by molar-refractivity contribution is 0.0372. The summed E-state index contributed by atoms with van der Waals surface area (Å²) in [7, 11) is 0. The summed E-state index contributed by atoms with van der Waals surface area (Å²) >= 11 is 0. The number of morpholine rings is 1. The molecule has 6 heteroatoms. The van der Waals surface area contributed by atoms with Crippen molar-refractivity contribution in [3.63, 3.8) is 0 Å². The van der Waals surface area contributed by atoms with Gasteiger partial charge in [-0.3, -0.25) is 9.89 Å². The van der Waals surface area contributed by atoms with Gasteiger partial charge in [-0.05, 0) is 51.5 Å². The fraction of sp³-hybridized carbons (Fsp3) is 0.944. The molecular weight excluding hydrogens is 304 g/mol. The fourth-order valence-corrected chi connectivity index (χ4v) is 2.73. The first-order valence-corrected chi connectivity index (χ1v) is 9.78. The number of rotatable bonds is 12. The monoisotopic (exact) mass is 340 g/mol. The van der Waals surface area contributed by atoms with Crippen LogP contribution in [0.4, 0.5) is 0 Å². The maximum absolute atomic E-state index is 5.65. The molecule has 24 heavy (non-hydrogen) atoms. The van der Waals surface area contributed by atoms with Gasteiger partial charge in [-0.15, -0.1) is 0 Å². The number of aliphatic imine (C=N–C) groups is 1. The molecule has 0 aromatic heterocycles. The molecule has 140 valence electrons. The predicted molar refractivity (Wildman–Crippen MR) is 98.6 cm³/mol.